The number of benzene rings is 1. The highest BCUT2D eigenvalue weighted by Gasteiger charge is 2.10. The molecule has 3 N–H and O–H groups in total. The van der Waals surface area contributed by atoms with Crippen LogP contribution >= 0.6 is 0 Å². The maximum Gasteiger partial charge on any atom is 0.227 e. The first-order valence-electron chi connectivity index (χ1n) is 8.80. The molecule has 1 aromatic carbocycles. The lowest BCUT2D eigenvalue weighted by Gasteiger charge is -2.14. The van der Waals surface area contributed by atoms with Crippen molar-refractivity contribution in [3.05, 3.63) is 29.8 Å². The molecule has 1 atom stereocenters. The summed E-state index contributed by atoms with van der Waals surface area (Å²) in [5.41, 5.74) is 1.94. The molecule has 0 radical (unpaired) electrons. The Morgan fingerprint density at radius 3 is 2.58 bits per heavy atom. The second kappa shape index (κ2) is 10.7. The van der Waals surface area contributed by atoms with Gasteiger partial charge >= 0.3 is 0 Å². The van der Waals surface area contributed by atoms with Crippen LogP contribution in [0, 0.1) is 11.8 Å². The molecule has 1 unspecified atom stereocenters. The third kappa shape index (κ3) is 7.49. The van der Waals surface area contributed by atoms with Gasteiger partial charge in [0.2, 0.25) is 5.91 Å². The van der Waals surface area contributed by atoms with E-state index < -0.39 is 0 Å². The van der Waals surface area contributed by atoms with Crippen molar-refractivity contribution in [2.24, 2.45) is 16.8 Å². The van der Waals surface area contributed by atoms with Crippen LogP contribution in [0.2, 0.25) is 0 Å². The highest BCUT2D eigenvalue weighted by atomic mass is 16.1. The predicted octanol–water partition coefficient (Wildman–Crippen LogP) is 3.38. The first-order valence-corrected chi connectivity index (χ1v) is 8.80. The Hall–Kier alpha value is -2.04. The van der Waals surface area contributed by atoms with Gasteiger partial charge in [-0.05, 0) is 36.5 Å². The number of carbonyl (C=O) groups excluding carboxylic acids is 1. The number of anilines is 1. The summed E-state index contributed by atoms with van der Waals surface area (Å²) < 4.78 is 0. The molecule has 24 heavy (non-hydrogen) atoms. The van der Waals surface area contributed by atoms with Crippen LogP contribution in [0.25, 0.3) is 0 Å². The fraction of sp³-hybridized carbons (Fsp3) is 0.579. The minimum Gasteiger partial charge on any atom is -0.356 e. The van der Waals surface area contributed by atoms with Crippen LogP contribution in [0.1, 0.15) is 46.1 Å². The molecule has 0 fully saturated rings. The van der Waals surface area contributed by atoms with E-state index in [1.54, 1.807) is 7.05 Å². The van der Waals surface area contributed by atoms with Crippen LogP contribution in [0.4, 0.5) is 5.69 Å². The molecular weight excluding hydrogens is 300 g/mol. The average Bonchev–Trinajstić information content (AvgIpc) is 2.57. The highest BCUT2D eigenvalue weighted by Crippen LogP contribution is 2.13. The third-order valence-corrected chi connectivity index (χ3v) is 3.95. The van der Waals surface area contributed by atoms with Crippen molar-refractivity contribution in [2.75, 3.05) is 18.9 Å². The number of carbonyl (C=O) groups is 1. The number of guanidine groups is 1. The van der Waals surface area contributed by atoms with Gasteiger partial charge in [0.1, 0.15) is 0 Å². The molecule has 0 spiro atoms. The predicted molar refractivity (Wildman–Crippen MR) is 102 cm³/mol. The van der Waals surface area contributed by atoms with Crippen molar-refractivity contribution in [3.8, 4) is 0 Å². The van der Waals surface area contributed by atoms with Gasteiger partial charge in [0.25, 0.3) is 0 Å². The fourth-order valence-corrected chi connectivity index (χ4v) is 2.10. The quantitative estimate of drug-likeness (QED) is 0.505. The van der Waals surface area contributed by atoms with E-state index in [9.17, 15) is 4.79 Å². The molecule has 0 aliphatic heterocycles. The number of rotatable bonds is 8. The van der Waals surface area contributed by atoms with E-state index >= 15 is 0 Å². The highest BCUT2D eigenvalue weighted by molar-refractivity contribution is 5.92. The van der Waals surface area contributed by atoms with Gasteiger partial charge in [-0.25, -0.2) is 0 Å². The van der Waals surface area contributed by atoms with Crippen molar-refractivity contribution in [1.29, 1.82) is 0 Å². The number of hydrogen-bond acceptors (Lipinski definition) is 2. The van der Waals surface area contributed by atoms with Gasteiger partial charge in [-0.3, -0.25) is 9.79 Å². The third-order valence-electron chi connectivity index (χ3n) is 3.95. The molecule has 0 aliphatic rings. The molecule has 5 nitrogen and oxygen atoms in total. The molecule has 0 saturated heterocycles. The second-order valence-electron chi connectivity index (χ2n) is 6.53. The molecule has 1 aromatic rings. The number of nitrogens with one attached hydrogen (secondary N) is 3. The zero-order valence-corrected chi connectivity index (χ0v) is 15.6. The molecular formula is C19H32N4O. The van der Waals surface area contributed by atoms with Crippen molar-refractivity contribution in [2.45, 2.75) is 47.1 Å². The molecule has 0 aromatic heterocycles. The van der Waals surface area contributed by atoms with Crippen LogP contribution in [0.5, 0.6) is 0 Å². The fourth-order valence-electron chi connectivity index (χ4n) is 2.10. The van der Waals surface area contributed by atoms with Gasteiger partial charge in [-0.2, -0.15) is 0 Å². The molecule has 0 heterocycles. The largest absolute Gasteiger partial charge is 0.356 e. The SMILES string of the molecule is CCC(C)C(=O)Nc1cccc(CNC(=NC)NCCC(C)C)c1. The topological polar surface area (TPSA) is 65.5 Å². The number of aliphatic imine (C=N–C) groups is 1. The number of hydrogen-bond donors (Lipinski definition) is 3. The summed E-state index contributed by atoms with van der Waals surface area (Å²) in [7, 11) is 1.77. The van der Waals surface area contributed by atoms with Gasteiger partial charge in [-0.1, -0.05) is 39.8 Å². The Morgan fingerprint density at radius 1 is 1.21 bits per heavy atom. The molecule has 134 valence electrons. The first kappa shape index (κ1) is 20.0. The minimum absolute atomic E-state index is 0.0239. The van der Waals surface area contributed by atoms with Crippen LogP contribution < -0.4 is 16.0 Å². The first-order chi connectivity index (χ1) is 11.5. The molecule has 5 heteroatoms. The normalized spacial score (nSPS) is 12.8. The summed E-state index contributed by atoms with van der Waals surface area (Å²) in [5, 5.41) is 9.58. The monoisotopic (exact) mass is 332 g/mol. The van der Waals surface area contributed by atoms with Crippen molar-refractivity contribution < 1.29 is 4.79 Å². The average molecular weight is 332 g/mol. The lowest BCUT2D eigenvalue weighted by Crippen LogP contribution is -2.37. The smallest absolute Gasteiger partial charge is 0.227 e. The van der Waals surface area contributed by atoms with E-state index in [0.29, 0.717) is 12.5 Å². The van der Waals surface area contributed by atoms with Crippen LogP contribution in [-0.4, -0.2) is 25.5 Å². The standard InChI is InChI=1S/C19H32N4O/c1-6-15(4)18(24)23-17-9-7-8-16(12-17)13-22-19(20-5)21-11-10-14(2)3/h7-9,12,14-15H,6,10-11,13H2,1-5H3,(H,23,24)(H2,20,21,22). The van der Waals surface area contributed by atoms with E-state index in [1.807, 2.05) is 38.1 Å². The Balaban J connectivity index is 2.53. The lowest BCUT2D eigenvalue weighted by molar-refractivity contribution is -0.119. The Labute approximate surface area is 146 Å². The maximum absolute atomic E-state index is 12.0. The van der Waals surface area contributed by atoms with Crippen LogP contribution in [0.15, 0.2) is 29.3 Å². The van der Waals surface area contributed by atoms with Crippen molar-refractivity contribution in [3.63, 3.8) is 0 Å². The molecule has 0 saturated carbocycles. The van der Waals surface area contributed by atoms with Crippen molar-refractivity contribution >= 4 is 17.6 Å². The van der Waals surface area contributed by atoms with E-state index in [0.717, 1.165) is 36.6 Å². The van der Waals surface area contributed by atoms with Gasteiger partial charge < -0.3 is 16.0 Å². The van der Waals surface area contributed by atoms with Crippen LogP contribution in [-0.2, 0) is 11.3 Å². The Bertz CT molecular complexity index is 540. The molecule has 0 aliphatic carbocycles. The van der Waals surface area contributed by atoms with E-state index in [-0.39, 0.29) is 11.8 Å². The zero-order chi connectivity index (χ0) is 17.9. The number of amides is 1. The van der Waals surface area contributed by atoms with E-state index in [4.69, 9.17) is 0 Å². The Morgan fingerprint density at radius 2 is 1.96 bits per heavy atom. The van der Waals surface area contributed by atoms with Gasteiger partial charge in [0.05, 0.1) is 0 Å². The molecule has 0 bridgehead atoms. The summed E-state index contributed by atoms with van der Waals surface area (Å²) >= 11 is 0. The van der Waals surface area contributed by atoms with Crippen molar-refractivity contribution in [1.82, 2.24) is 10.6 Å². The van der Waals surface area contributed by atoms with E-state index in [2.05, 4.69) is 34.8 Å². The Kier molecular flexibility index (Phi) is 8.90. The number of nitrogens with zero attached hydrogens (tertiary/aromatic N) is 1. The minimum atomic E-state index is 0.0239. The maximum atomic E-state index is 12.0. The summed E-state index contributed by atoms with van der Waals surface area (Å²) in [6.45, 7) is 9.93. The van der Waals surface area contributed by atoms with E-state index in [1.165, 1.54) is 0 Å². The van der Waals surface area contributed by atoms with Gasteiger partial charge in [-0.15, -0.1) is 0 Å². The summed E-state index contributed by atoms with van der Waals surface area (Å²) in [6.07, 6.45) is 1.95. The molecule has 1 amide bonds. The zero-order valence-electron chi connectivity index (χ0n) is 15.6. The summed E-state index contributed by atoms with van der Waals surface area (Å²) in [5.74, 6) is 1.55. The summed E-state index contributed by atoms with van der Waals surface area (Å²) in [6, 6.07) is 7.90. The molecule has 1 rings (SSSR count). The van der Waals surface area contributed by atoms with Crippen LogP contribution in [0.3, 0.4) is 0 Å². The van der Waals surface area contributed by atoms with Gasteiger partial charge in [0, 0.05) is 31.7 Å². The lowest BCUT2D eigenvalue weighted by atomic mass is 10.1. The summed E-state index contributed by atoms with van der Waals surface area (Å²) in [4.78, 5) is 16.2. The second-order valence-corrected chi connectivity index (χ2v) is 6.53. The van der Waals surface area contributed by atoms with Gasteiger partial charge in [0.15, 0.2) is 5.96 Å².